The highest BCUT2D eigenvalue weighted by atomic mass is 35.5. The first-order valence-electron chi connectivity index (χ1n) is 9.70. The van der Waals surface area contributed by atoms with Crippen LogP contribution < -0.4 is 9.62 Å². The summed E-state index contributed by atoms with van der Waals surface area (Å²) in [6, 6.07) is 12.1. The average Bonchev–Trinajstić information content (AvgIpc) is 3.11. The van der Waals surface area contributed by atoms with Gasteiger partial charge in [0.15, 0.2) is 0 Å². The van der Waals surface area contributed by atoms with Gasteiger partial charge in [0.05, 0.1) is 22.0 Å². The average molecular weight is 484 g/mol. The molecule has 0 bridgehead atoms. The van der Waals surface area contributed by atoms with E-state index in [2.05, 4.69) is 5.32 Å². The Morgan fingerprint density at radius 1 is 1.13 bits per heavy atom. The Balaban J connectivity index is 1.70. The molecule has 1 fully saturated rings. The van der Waals surface area contributed by atoms with E-state index in [9.17, 15) is 18.0 Å². The van der Waals surface area contributed by atoms with E-state index in [1.807, 2.05) is 24.3 Å². The molecule has 2 amide bonds. The van der Waals surface area contributed by atoms with Gasteiger partial charge in [-0.2, -0.15) is 0 Å². The molecule has 1 aliphatic rings. The fourth-order valence-electron chi connectivity index (χ4n) is 3.41. The van der Waals surface area contributed by atoms with E-state index in [4.69, 9.17) is 23.2 Å². The smallest absolute Gasteiger partial charge is 0.241 e. The summed E-state index contributed by atoms with van der Waals surface area (Å²) in [6.07, 6.45) is 2.41. The molecular weight excluding hydrogens is 461 g/mol. The van der Waals surface area contributed by atoms with E-state index in [0.29, 0.717) is 13.0 Å². The number of hydrogen-bond acceptors (Lipinski definition) is 4. The van der Waals surface area contributed by atoms with Gasteiger partial charge in [0, 0.05) is 26.1 Å². The number of sulfonamides is 1. The number of nitrogens with zero attached hydrogens (tertiary/aromatic N) is 2. The van der Waals surface area contributed by atoms with Gasteiger partial charge >= 0.3 is 0 Å². The summed E-state index contributed by atoms with van der Waals surface area (Å²) in [4.78, 5) is 26.3. The van der Waals surface area contributed by atoms with Crippen molar-refractivity contribution < 1.29 is 18.0 Å². The van der Waals surface area contributed by atoms with Gasteiger partial charge < -0.3 is 10.2 Å². The zero-order chi connectivity index (χ0) is 22.6. The number of likely N-dealkylation sites (tertiary alicyclic amines) is 1. The summed E-state index contributed by atoms with van der Waals surface area (Å²) < 4.78 is 25.5. The summed E-state index contributed by atoms with van der Waals surface area (Å²) in [7, 11) is -3.78. The maximum Gasteiger partial charge on any atom is 0.241 e. The lowest BCUT2D eigenvalue weighted by atomic mass is 10.1. The van der Waals surface area contributed by atoms with Gasteiger partial charge in [-0.15, -0.1) is 0 Å². The van der Waals surface area contributed by atoms with Gasteiger partial charge in [-0.1, -0.05) is 53.5 Å². The van der Waals surface area contributed by atoms with Gasteiger partial charge in [-0.05, 0) is 29.7 Å². The number of amides is 2. The lowest BCUT2D eigenvalue weighted by molar-refractivity contribution is -0.128. The standard InChI is InChI=1S/C21H23Cl2N3O4S/c1-31(29,30)26(18-9-4-8-17(22)21(18)23)14-19(27)24-12-15-6-2-3-7-16(15)13-25-11-5-10-20(25)28/h2-4,6-9H,5,10-14H2,1H3,(H,24,27). The molecule has 2 aromatic rings. The molecule has 1 heterocycles. The number of carbonyl (C=O) groups is 2. The summed E-state index contributed by atoms with van der Waals surface area (Å²) in [5, 5.41) is 3.01. The van der Waals surface area contributed by atoms with E-state index in [0.717, 1.165) is 34.7 Å². The molecule has 1 saturated heterocycles. The molecule has 1 N–H and O–H groups in total. The van der Waals surface area contributed by atoms with Crippen LogP contribution in [0.25, 0.3) is 0 Å². The molecule has 0 atom stereocenters. The van der Waals surface area contributed by atoms with Crippen LogP contribution in [0, 0.1) is 0 Å². The van der Waals surface area contributed by atoms with Crippen molar-refractivity contribution in [1.29, 1.82) is 0 Å². The van der Waals surface area contributed by atoms with E-state index in [1.54, 1.807) is 11.0 Å². The summed E-state index contributed by atoms with van der Waals surface area (Å²) >= 11 is 12.2. The Morgan fingerprint density at radius 2 is 1.84 bits per heavy atom. The van der Waals surface area contributed by atoms with Crippen molar-refractivity contribution in [2.45, 2.75) is 25.9 Å². The number of anilines is 1. The quantitative estimate of drug-likeness (QED) is 0.624. The number of halogens is 2. The molecule has 2 aromatic carbocycles. The molecule has 10 heteroatoms. The van der Waals surface area contributed by atoms with Crippen molar-refractivity contribution in [1.82, 2.24) is 10.2 Å². The third kappa shape index (κ3) is 5.90. The van der Waals surface area contributed by atoms with Crippen molar-refractivity contribution in [3.63, 3.8) is 0 Å². The SMILES string of the molecule is CS(=O)(=O)N(CC(=O)NCc1ccccc1CN1CCCC1=O)c1cccc(Cl)c1Cl. The maximum atomic E-state index is 12.6. The molecular formula is C21H23Cl2N3O4S. The predicted octanol–water partition coefficient (Wildman–Crippen LogP) is 3.20. The summed E-state index contributed by atoms with van der Waals surface area (Å²) in [5.41, 5.74) is 1.94. The minimum absolute atomic E-state index is 0.0583. The van der Waals surface area contributed by atoms with Crippen LogP contribution in [0.1, 0.15) is 24.0 Å². The van der Waals surface area contributed by atoms with Gasteiger partial charge in [-0.25, -0.2) is 8.42 Å². The van der Waals surface area contributed by atoms with Crippen molar-refractivity contribution in [3.8, 4) is 0 Å². The Morgan fingerprint density at radius 3 is 2.48 bits per heavy atom. The van der Waals surface area contributed by atoms with Crippen LogP contribution >= 0.6 is 23.2 Å². The largest absolute Gasteiger partial charge is 0.350 e. The van der Waals surface area contributed by atoms with Crippen LogP contribution in [0.2, 0.25) is 10.0 Å². The van der Waals surface area contributed by atoms with Crippen LogP contribution in [-0.4, -0.2) is 44.5 Å². The Bertz CT molecular complexity index is 1090. The molecule has 1 aliphatic heterocycles. The lowest BCUT2D eigenvalue weighted by Crippen LogP contribution is -2.40. The number of nitrogens with one attached hydrogen (secondary N) is 1. The summed E-state index contributed by atoms with van der Waals surface area (Å²) in [6.45, 7) is 0.977. The van der Waals surface area contributed by atoms with E-state index >= 15 is 0 Å². The monoisotopic (exact) mass is 483 g/mol. The molecule has 0 aromatic heterocycles. The maximum absolute atomic E-state index is 12.6. The topological polar surface area (TPSA) is 86.8 Å². The first-order valence-corrected chi connectivity index (χ1v) is 12.3. The van der Waals surface area contributed by atoms with Crippen LogP contribution in [-0.2, 0) is 32.7 Å². The molecule has 0 saturated carbocycles. The Hall–Kier alpha value is -2.29. The van der Waals surface area contributed by atoms with Gasteiger partial charge in [-0.3, -0.25) is 13.9 Å². The van der Waals surface area contributed by atoms with Crippen LogP contribution in [0.3, 0.4) is 0 Å². The number of hydrogen-bond donors (Lipinski definition) is 1. The molecule has 0 unspecified atom stereocenters. The minimum Gasteiger partial charge on any atom is -0.350 e. The highest BCUT2D eigenvalue weighted by Crippen LogP contribution is 2.33. The third-order valence-corrected chi connectivity index (χ3v) is 6.95. The molecule has 7 nitrogen and oxygen atoms in total. The molecule has 0 spiro atoms. The first kappa shape index (κ1) is 23.4. The highest BCUT2D eigenvalue weighted by Gasteiger charge is 2.24. The normalized spacial score (nSPS) is 14.0. The Kier molecular flexibility index (Phi) is 7.46. The zero-order valence-electron chi connectivity index (χ0n) is 17.0. The van der Waals surface area contributed by atoms with Crippen molar-refractivity contribution in [2.75, 3.05) is 23.7 Å². The van der Waals surface area contributed by atoms with E-state index in [-0.39, 0.29) is 28.2 Å². The molecule has 166 valence electrons. The molecule has 0 radical (unpaired) electrons. The van der Waals surface area contributed by atoms with E-state index < -0.39 is 22.5 Å². The van der Waals surface area contributed by atoms with Gasteiger partial charge in [0.2, 0.25) is 21.8 Å². The highest BCUT2D eigenvalue weighted by molar-refractivity contribution is 7.92. The third-order valence-electron chi connectivity index (χ3n) is 5.01. The lowest BCUT2D eigenvalue weighted by Gasteiger charge is -2.23. The molecule has 0 aliphatic carbocycles. The fourth-order valence-corrected chi connectivity index (χ4v) is 4.72. The number of carbonyl (C=O) groups excluding carboxylic acids is 2. The molecule has 31 heavy (non-hydrogen) atoms. The molecule has 3 rings (SSSR count). The predicted molar refractivity (Wildman–Crippen MR) is 122 cm³/mol. The Labute approximate surface area is 192 Å². The van der Waals surface area contributed by atoms with Crippen LogP contribution in [0.5, 0.6) is 0 Å². The second-order valence-electron chi connectivity index (χ2n) is 7.31. The van der Waals surface area contributed by atoms with Crippen molar-refractivity contribution in [2.24, 2.45) is 0 Å². The van der Waals surface area contributed by atoms with Crippen LogP contribution in [0.4, 0.5) is 5.69 Å². The van der Waals surface area contributed by atoms with E-state index in [1.165, 1.54) is 12.1 Å². The summed E-state index contributed by atoms with van der Waals surface area (Å²) in [5.74, 6) is -0.366. The minimum atomic E-state index is -3.78. The fraction of sp³-hybridized carbons (Fsp3) is 0.333. The first-order chi connectivity index (χ1) is 14.7. The zero-order valence-corrected chi connectivity index (χ0v) is 19.3. The van der Waals surface area contributed by atoms with Gasteiger partial charge in [0.1, 0.15) is 6.54 Å². The number of benzene rings is 2. The van der Waals surface area contributed by atoms with Gasteiger partial charge in [0.25, 0.3) is 0 Å². The van der Waals surface area contributed by atoms with Crippen molar-refractivity contribution >= 4 is 50.7 Å². The van der Waals surface area contributed by atoms with Crippen LogP contribution in [0.15, 0.2) is 42.5 Å². The second-order valence-corrected chi connectivity index (χ2v) is 10.00. The van der Waals surface area contributed by atoms with Crippen molar-refractivity contribution in [3.05, 3.63) is 63.6 Å². The second kappa shape index (κ2) is 9.89. The number of rotatable bonds is 8.